The summed E-state index contributed by atoms with van der Waals surface area (Å²) < 4.78 is 9.31. The first kappa shape index (κ1) is 17.7. The third kappa shape index (κ3) is 5.54. The summed E-state index contributed by atoms with van der Waals surface area (Å²) in [5.74, 6) is -0.941. The third-order valence-corrected chi connectivity index (χ3v) is 3.03. The minimum absolute atomic E-state index is 0.275. The Kier molecular flexibility index (Phi) is 7.05. The third-order valence-electron chi connectivity index (χ3n) is 3.03. The van der Waals surface area contributed by atoms with Crippen LogP contribution in [0.2, 0.25) is 0 Å². The Morgan fingerprint density at radius 2 is 1.41 bits per heavy atom. The normalized spacial score (nSPS) is 10.1. The molecule has 1 aromatic rings. The summed E-state index contributed by atoms with van der Waals surface area (Å²) in [6.45, 7) is 8.53. The monoisotopic (exact) mass is 303 g/mol. The van der Waals surface area contributed by atoms with Gasteiger partial charge >= 0.3 is 11.9 Å². The zero-order valence-corrected chi connectivity index (χ0v) is 13.0. The van der Waals surface area contributed by atoms with E-state index in [1.54, 1.807) is 0 Å². The standard InChI is InChI=1S/C17H21NO4/c1-13(16(19)21-3)10-18(11-14(2)17(20)22-4)12-15-8-6-5-7-9-15/h5-9H,1-2,10-12H2,3-4H3. The minimum Gasteiger partial charge on any atom is -0.466 e. The van der Waals surface area contributed by atoms with Gasteiger partial charge in [-0.15, -0.1) is 0 Å². The average molecular weight is 303 g/mol. The fourth-order valence-electron chi connectivity index (χ4n) is 1.97. The Morgan fingerprint density at radius 1 is 0.955 bits per heavy atom. The predicted octanol–water partition coefficient (Wildman–Crippen LogP) is 1.95. The molecule has 0 bridgehead atoms. The molecule has 0 aliphatic heterocycles. The van der Waals surface area contributed by atoms with E-state index in [0.717, 1.165) is 5.56 Å². The van der Waals surface area contributed by atoms with Gasteiger partial charge in [-0.1, -0.05) is 43.5 Å². The van der Waals surface area contributed by atoms with E-state index >= 15 is 0 Å². The smallest absolute Gasteiger partial charge is 0.334 e. The van der Waals surface area contributed by atoms with Gasteiger partial charge in [0.25, 0.3) is 0 Å². The lowest BCUT2D eigenvalue weighted by atomic mass is 10.1. The van der Waals surface area contributed by atoms with Crippen molar-refractivity contribution in [2.75, 3.05) is 27.3 Å². The lowest BCUT2D eigenvalue weighted by Crippen LogP contribution is -2.31. The van der Waals surface area contributed by atoms with E-state index < -0.39 is 11.9 Å². The maximum atomic E-state index is 11.5. The van der Waals surface area contributed by atoms with Gasteiger partial charge in [-0.2, -0.15) is 0 Å². The van der Waals surface area contributed by atoms with E-state index in [4.69, 9.17) is 0 Å². The summed E-state index contributed by atoms with van der Waals surface area (Å²) in [5, 5.41) is 0. The first-order valence-electron chi connectivity index (χ1n) is 6.76. The van der Waals surface area contributed by atoms with Crippen molar-refractivity contribution in [3.63, 3.8) is 0 Å². The molecular formula is C17H21NO4. The van der Waals surface area contributed by atoms with Gasteiger partial charge in [-0.05, 0) is 5.56 Å². The maximum Gasteiger partial charge on any atom is 0.334 e. The van der Waals surface area contributed by atoms with Crippen molar-refractivity contribution in [3.8, 4) is 0 Å². The van der Waals surface area contributed by atoms with Crippen LogP contribution >= 0.6 is 0 Å². The van der Waals surface area contributed by atoms with Crippen LogP contribution in [-0.4, -0.2) is 44.1 Å². The molecule has 0 radical (unpaired) electrons. The number of carbonyl (C=O) groups excluding carboxylic acids is 2. The number of hydrogen-bond donors (Lipinski definition) is 0. The Balaban J connectivity index is 2.80. The fourth-order valence-corrected chi connectivity index (χ4v) is 1.97. The molecule has 0 fully saturated rings. The van der Waals surface area contributed by atoms with Crippen molar-refractivity contribution in [2.24, 2.45) is 0 Å². The highest BCUT2D eigenvalue weighted by Gasteiger charge is 2.17. The van der Waals surface area contributed by atoms with Crippen molar-refractivity contribution in [2.45, 2.75) is 6.54 Å². The SMILES string of the molecule is C=C(CN(CC(=C)C(=O)OC)Cc1ccccc1)C(=O)OC. The van der Waals surface area contributed by atoms with Crippen molar-refractivity contribution in [1.82, 2.24) is 4.90 Å². The van der Waals surface area contributed by atoms with E-state index in [0.29, 0.717) is 17.7 Å². The molecule has 0 heterocycles. The van der Waals surface area contributed by atoms with E-state index in [1.807, 2.05) is 35.2 Å². The van der Waals surface area contributed by atoms with Gasteiger partial charge in [0.15, 0.2) is 0 Å². The van der Waals surface area contributed by atoms with Crippen LogP contribution < -0.4 is 0 Å². The molecule has 0 atom stereocenters. The second kappa shape index (κ2) is 8.79. The summed E-state index contributed by atoms with van der Waals surface area (Å²) in [6.07, 6.45) is 0. The topological polar surface area (TPSA) is 55.8 Å². The van der Waals surface area contributed by atoms with Crippen LogP contribution in [-0.2, 0) is 25.6 Å². The van der Waals surface area contributed by atoms with Crippen LogP contribution in [0.5, 0.6) is 0 Å². The Morgan fingerprint density at radius 3 is 1.82 bits per heavy atom. The van der Waals surface area contributed by atoms with Crippen molar-refractivity contribution in [3.05, 3.63) is 60.2 Å². The number of methoxy groups -OCH3 is 2. The number of rotatable bonds is 8. The van der Waals surface area contributed by atoms with E-state index in [2.05, 4.69) is 22.6 Å². The van der Waals surface area contributed by atoms with Gasteiger partial charge in [0.2, 0.25) is 0 Å². The summed E-state index contributed by atoms with van der Waals surface area (Å²) in [4.78, 5) is 24.9. The Labute approximate surface area is 130 Å². The number of esters is 2. The number of hydrogen-bond acceptors (Lipinski definition) is 5. The van der Waals surface area contributed by atoms with E-state index in [9.17, 15) is 9.59 Å². The van der Waals surface area contributed by atoms with Crippen molar-refractivity contribution in [1.29, 1.82) is 0 Å². The fraction of sp³-hybridized carbons (Fsp3) is 0.294. The summed E-state index contributed by atoms with van der Waals surface area (Å²) in [6, 6.07) is 9.72. The zero-order chi connectivity index (χ0) is 16.5. The highest BCUT2D eigenvalue weighted by Crippen LogP contribution is 2.10. The van der Waals surface area contributed by atoms with Gasteiger partial charge < -0.3 is 9.47 Å². The average Bonchev–Trinajstić information content (AvgIpc) is 2.53. The molecule has 22 heavy (non-hydrogen) atoms. The molecule has 0 aliphatic rings. The van der Waals surface area contributed by atoms with Crippen LogP contribution in [0.25, 0.3) is 0 Å². The number of carbonyl (C=O) groups is 2. The molecule has 0 aromatic heterocycles. The van der Waals surface area contributed by atoms with Crippen LogP contribution in [0.1, 0.15) is 5.56 Å². The van der Waals surface area contributed by atoms with Gasteiger partial charge in [0.05, 0.1) is 14.2 Å². The second-order valence-electron chi connectivity index (χ2n) is 4.82. The summed E-state index contributed by atoms with van der Waals surface area (Å²) >= 11 is 0. The first-order valence-corrected chi connectivity index (χ1v) is 6.76. The van der Waals surface area contributed by atoms with E-state index in [1.165, 1.54) is 14.2 Å². The summed E-state index contributed by atoms with van der Waals surface area (Å²) in [5.41, 5.74) is 1.69. The first-order chi connectivity index (χ1) is 10.5. The quantitative estimate of drug-likeness (QED) is 0.543. The molecular weight excluding hydrogens is 282 g/mol. The van der Waals surface area contributed by atoms with Gasteiger partial charge in [0.1, 0.15) is 0 Å². The number of nitrogens with zero attached hydrogens (tertiary/aromatic N) is 1. The van der Waals surface area contributed by atoms with Gasteiger partial charge in [0, 0.05) is 30.8 Å². The van der Waals surface area contributed by atoms with Crippen LogP contribution in [0.4, 0.5) is 0 Å². The van der Waals surface area contributed by atoms with Gasteiger partial charge in [-0.3, -0.25) is 4.90 Å². The van der Waals surface area contributed by atoms with Gasteiger partial charge in [-0.25, -0.2) is 9.59 Å². The zero-order valence-electron chi connectivity index (χ0n) is 13.0. The highest BCUT2D eigenvalue weighted by molar-refractivity contribution is 5.89. The molecule has 0 saturated carbocycles. The predicted molar refractivity (Wildman–Crippen MR) is 84.0 cm³/mol. The van der Waals surface area contributed by atoms with Crippen molar-refractivity contribution < 1.29 is 19.1 Å². The Hall–Kier alpha value is -2.40. The molecule has 0 aliphatic carbocycles. The van der Waals surface area contributed by atoms with Crippen LogP contribution in [0.3, 0.4) is 0 Å². The Bertz CT molecular complexity index is 521. The molecule has 5 nitrogen and oxygen atoms in total. The lowest BCUT2D eigenvalue weighted by Gasteiger charge is -2.23. The molecule has 5 heteroatoms. The molecule has 0 spiro atoms. The molecule has 0 unspecified atom stereocenters. The summed E-state index contributed by atoms with van der Waals surface area (Å²) in [7, 11) is 2.62. The molecule has 118 valence electrons. The molecule has 1 rings (SSSR count). The largest absolute Gasteiger partial charge is 0.466 e. The second-order valence-corrected chi connectivity index (χ2v) is 4.82. The van der Waals surface area contributed by atoms with Crippen LogP contribution in [0.15, 0.2) is 54.6 Å². The minimum atomic E-state index is -0.471. The van der Waals surface area contributed by atoms with Crippen LogP contribution in [0, 0.1) is 0 Å². The van der Waals surface area contributed by atoms with Crippen molar-refractivity contribution >= 4 is 11.9 Å². The number of benzene rings is 1. The maximum absolute atomic E-state index is 11.5. The molecule has 0 amide bonds. The molecule has 1 aromatic carbocycles. The highest BCUT2D eigenvalue weighted by atomic mass is 16.5. The molecule has 0 saturated heterocycles. The number of ether oxygens (including phenoxy) is 2. The molecule has 0 N–H and O–H groups in total. The van der Waals surface area contributed by atoms with E-state index in [-0.39, 0.29) is 13.1 Å². The lowest BCUT2D eigenvalue weighted by molar-refractivity contribution is -0.136.